The van der Waals surface area contributed by atoms with E-state index in [-0.39, 0.29) is 29.3 Å². The Labute approximate surface area is 207 Å². The minimum absolute atomic E-state index is 0.0485. The number of methoxy groups -OCH3 is 1. The van der Waals surface area contributed by atoms with Gasteiger partial charge in [0.05, 0.1) is 24.6 Å². The molecule has 3 saturated heterocycles. The lowest BCUT2D eigenvalue weighted by Crippen LogP contribution is -2.99. The first-order valence-electron chi connectivity index (χ1n) is 12.3. The molecule has 4 aliphatic rings. The lowest BCUT2D eigenvalue weighted by atomic mass is 9.75. The number of nitrogens with zero attached hydrogens (tertiary/aromatic N) is 2. The van der Waals surface area contributed by atoms with Gasteiger partial charge in [-0.1, -0.05) is 19.1 Å². The van der Waals surface area contributed by atoms with Crippen molar-refractivity contribution in [2.24, 2.45) is 11.8 Å². The predicted molar refractivity (Wildman–Crippen MR) is 129 cm³/mol. The Morgan fingerprint density at radius 2 is 2.00 bits per heavy atom. The van der Waals surface area contributed by atoms with Crippen molar-refractivity contribution in [2.75, 3.05) is 23.9 Å². The van der Waals surface area contributed by atoms with Crippen molar-refractivity contribution in [3.05, 3.63) is 52.2 Å². The zero-order valence-corrected chi connectivity index (χ0v) is 20.3. The van der Waals surface area contributed by atoms with E-state index in [4.69, 9.17) is 4.74 Å². The van der Waals surface area contributed by atoms with Crippen LogP contribution in [0.3, 0.4) is 0 Å². The molecule has 1 spiro atoms. The number of ether oxygens (including phenoxy) is 1. The molecule has 5 atom stereocenters. The molecule has 0 aromatic heterocycles. The second kappa shape index (κ2) is 7.84. The highest BCUT2D eigenvalue weighted by atomic mass is 16.8. The van der Waals surface area contributed by atoms with E-state index in [0.29, 0.717) is 23.5 Å². The van der Waals surface area contributed by atoms with E-state index in [1.807, 2.05) is 25.1 Å². The van der Waals surface area contributed by atoms with E-state index in [1.54, 1.807) is 6.92 Å². The lowest BCUT2D eigenvalue weighted by Gasteiger charge is -2.37. The summed E-state index contributed by atoms with van der Waals surface area (Å²) in [5, 5.41) is 23.1. The third kappa shape index (κ3) is 2.72. The van der Waals surface area contributed by atoms with Crippen LogP contribution in [0.2, 0.25) is 0 Å². The predicted octanol–water partition coefficient (Wildman–Crippen LogP) is 1.40. The van der Waals surface area contributed by atoms with Gasteiger partial charge in [-0.2, -0.15) is 5.23 Å². The highest BCUT2D eigenvalue weighted by Gasteiger charge is 2.74. The van der Waals surface area contributed by atoms with E-state index in [2.05, 4.69) is 10.2 Å². The second-order valence-electron chi connectivity index (χ2n) is 10.0. The van der Waals surface area contributed by atoms with Gasteiger partial charge in [0.1, 0.15) is 5.54 Å². The Balaban J connectivity index is 1.53. The number of hydrogen-bond acceptors (Lipinski definition) is 7. The van der Waals surface area contributed by atoms with Crippen molar-refractivity contribution in [1.82, 2.24) is 4.90 Å². The average molecular weight is 493 g/mol. The van der Waals surface area contributed by atoms with Crippen LogP contribution in [0.5, 0.6) is 5.75 Å². The van der Waals surface area contributed by atoms with Crippen LogP contribution >= 0.6 is 0 Å². The van der Waals surface area contributed by atoms with Crippen molar-refractivity contribution in [1.29, 1.82) is 0 Å². The molecule has 36 heavy (non-hydrogen) atoms. The summed E-state index contributed by atoms with van der Waals surface area (Å²) >= 11 is 0. The summed E-state index contributed by atoms with van der Waals surface area (Å²) in [5.74, 6) is -2.50. The van der Waals surface area contributed by atoms with Gasteiger partial charge in [0.2, 0.25) is 23.4 Å². The van der Waals surface area contributed by atoms with Gasteiger partial charge in [-0.05, 0) is 49.9 Å². The molecule has 0 radical (unpaired) electrons. The number of anilines is 2. The number of quaternary nitrogens is 1. The van der Waals surface area contributed by atoms with Gasteiger partial charge in [0.25, 0.3) is 0 Å². The largest absolute Gasteiger partial charge is 0.595 e. The van der Waals surface area contributed by atoms with Crippen LogP contribution in [0.4, 0.5) is 17.1 Å². The molecule has 188 valence electrons. The summed E-state index contributed by atoms with van der Waals surface area (Å²) in [7, 11) is 1.35. The third-order valence-electron chi connectivity index (χ3n) is 8.45. The summed E-state index contributed by atoms with van der Waals surface area (Å²) < 4.78 is 5.28. The molecule has 0 saturated carbocycles. The molecule has 3 fully saturated rings. The Bertz CT molecular complexity index is 1330. The van der Waals surface area contributed by atoms with Crippen molar-refractivity contribution < 1.29 is 29.6 Å². The molecule has 4 aliphatic heterocycles. The van der Waals surface area contributed by atoms with E-state index in [0.717, 1.165) is 35.3 Å². The fourth-order valence-corrected chi connectivity index (χ4v) is 6.96. The molecule has 2 aromatic carbocycles. The van der Waals surface area contributed by atoms with E-state index >= 15 is 0 Å². The van der Waals surface area contributed by atoms with Gasteiger partial charge >= 0.3 is 0 Å². The third-order valence-corrected chi connectivity index (χ3v) is 8.45. The lowest BCUT2D eigenvalue weighted by molar-refractivity contribution is -0.991. The number of amides is 3. The monoisotopic (exact) mass is 492 g/mol. The minimum Gasteiger partial charge on any atom is -0.595 e. The van der Waals surface area contributed by atoms with Gasteiger partial charge in [-0.15, -0.1) is 0 Å². The quantitative estimate of drug-likeness (QED) is 0.435. The van der Waals surface area contributed by atoms with E-state index < -0.39 is 28.5 Å². The van der Waals surface area contributed by atoms with Gasteiger partial charge in [-0.25, -0.2) is 10.1 Å². The summed E-state index contributed by atoms with van der Waals surface area (Å²) in [4.78, 5) is 45.2. The normalized spacial score (nSPS) is 29.5. The topological polar surface area (TPSA) is 127 Å². The van der Waals surface area contributed by atoms with Crippen LogP contribution < -0.4 is 20.2 Å². The fourth-order valence-electron chi connectivity index (χ4n) is 6.96. The van der Waals surface area contributed by atoms with Crippen molar-refractivity contribution >= 4 is 34.8 Å². The maximum absolute atomic E-state index is 14.2. The number of carbonyl (C=O) groups is 3. The van der Waals surface area contributed by atoms with Crippen molar-refractivity contribution in [3.63, 3.8) is 0 Å². The van der Waals surface area contributed by atoms with Crippen LogP contribution in [0.15, 0.2) is 30.3 Å². The maximum atomic E-state index is 14.2. The van der Waals surface area contributed by atoms with Gasteiger partial charge < -0.3 is 15.3 Å². The van der Waals surface area contributed by atoms with E-state index in [9.17, 15) is 24.8 Å². The Morgan fingerprint density at radius 3 is 2.69 bits per heavy atom. The first kappa shape index (κ1) is 23.1. The molecule has 4 heterocycles. The molecular weight excluding hydrogens is 464 g/mol. The Kier molecular flexibility index (Phi) is 5.03. The standard InChI is InChI=1S/C26H28N4O6/c1-4-14-7-8-16-15(11-14)26(25(33)27-16)22-21(17-6-5-9-28(17)26)23(31)29(24(22)32)18-12-20(36-3)19(30(34)35)10-13(18)2/h7-8,10-12,17,21-22,30,34H,4-6,9H2,1-3H3,(H,27,33)/t17-,21-,22-,26+/m1/s1. The van der Waals surface area contributed by atoms with Crippen molar-refractivity contribution in [3.8, 4) is 5.75 Å². The Hall–Kier alpha value is -3.31. The summed E-state index contributed by atoms with van der Waals surface area (Å²) in [5.41, 5.74) is 1.98. The molecule has 1 unspecified atom stereocenters. The molecule has 2 aromatic rings. The number of fused-ring (bicyclic) bond motifs is 7. The molecular formula is C26H28N4O6. The molecule has 0 bridgehead atoms. The van der Waals surface area contributed by atoms with Crippen LogP contribution in [0.1, 0.15) is 36.5 Å². The van der Waals surface area contributed by atoms with Crippen LogP contribution in [0, 0.1) is 24.0 Å². The Morgan fingerprint density at radius 1 is 1.22 bits per heavy atom. The van der Waals surface area contributed by atoms with Crippen LogP contribution in [-0.2, 0) is 26.3 Å². The van der Waals surface area contributed by atoms with E-state index in [1.165, 1.54) is 19.2 Å². The molecule has 3 amide bonds. The highest BCUT2D eigenvalue weighted by molar-refractivity contribution is 6.26. The van der Waals surface area contributed by atoms with Gasteiger partial charge in [-0.3, -0.25) is 19.3 Å². The zero-order valence-electron chi connectivity index (χ0n) is 20.3. The SMILES string of the molecule is CCc1ccc2c(c1)[C@@]1(C(=O)N2)[C@H]2C(=O)N(c3cc(OC)c([NH+]([O-])O)cc3C)C(=O)[C@@H]2[C@H]2CCCN21. The number of rotatable bonds is 4. The number of carbonyl (C=O) groups excluding carboxylic acids is 3. The first-order chi connectivity index (χ1) is 17.2. The number of hydrogen-bond donors (Lipinski definition) is 3. The van der Waals surface area contributed by atoms with Gasteiger partial charge in [0, 0.05) is 29.4 Å². The molecule has 3 N–H and O–H groups in total. The smallest absolute Gasteiger partial charge is 0.250 e. The van der Waals surface area contributed by atoms with Crippen LogP contribution in [-0.4, -0.2) is 47.5 Å². The first-order valence-corrected chi connectivity index (χ1v) is 12.3. The summed E-state index contributed by atoms with van der Waals surface area (Å²) in [6.45, 7) is 4.35. The van der Waals surface area contributed by atoms with Gasteiger partial charge in [0.15, 0.2) is 5.75 Å². The number of imide groups is 1. The number of aryl methyl sites for hydroxylation is 2. The fraction of sp³-hybridized carbons (Fsp3) is 0.423. The second-order valence-corrected chi connectivity index (χ2v) is 10.0. The summed E-state index contributed by atoms with van der Waals surface area (Å²) in [6.07, 6.45) is 2.35. The van der Waals surface area contributed by atoms with Crippen molar-refractivity contribution in [2.45, 2.75) is 44.7 Å². The maximum Gasteiger partial charge on any atom is 0.250 e. The summed E-state index contributed by atoms with van der Waals surface area (Å²) in [6, 6.07) is 8.48. The molecule has 6 rings (SSSR count). The zero-order chi connectivity index (χ0) is 25.5. The molecule has 0 aliphatic carbocycles. The minimum atomic E-state index is -1.24. The van der Waals surface area contributed by atoms with Crippen LogP contribution in [0.25, 0.3) is 0 Å². The number of benzene rings is 2. The number of nitrogens with one attached hydrogen (secondary N) is 2. The highest BCUT2D eigenvalue weighted by Crippen LogP contribution is 2.61. The average Bonchev–Trinajstić information content (AvgIpc) is 3.57. The molecule has 10 heteroatoms. The molecule has 10 nitrogen and oxygen atoms in total.